The number of carbonyl (C=O) groups excluding carboxylic acids is 1. The van der Waals surface area contributed by atoms with Crippen LogP contribution >= 0.6 is 0 Å². The average Bonchev–Trinajstić information content (AvgIpc) is 2.95. The molecule has 23 heavy (non-hydrogen) atoms. The number of hydrogen-bond acceptors (Lipinski definition) is 3. The van der Waals surface area contributed by atoms with Crippen molar-refractivity contribution in [1.82, 2.24) is 10.2 Å². The van der Waals surface area contributed by atoms with Gasteiger partial charge in [-0.15, -0.1) is 0 Å². The molecule has 1 fully saturated rings. The summed E-state index contributed by atoms with van der Waals surface area (Å²) in [5.74, 6) is 0.853. The Morgan fingerprint density at radius 3 is 2.65 bits per heavy atom. The van der Waals surface area contributed by atoms with E-state index in [0.29, 0.717) is 12.3 Å². The lowest BCUT2D eigenvalue weighted by Crippen LogP contribution is -2.39. The molecular weight excluding hydrogens is 288 g/mol. The molecule has 1 saturated heterocycles. The number of benzene rings is 1. The van der Waals surface area contributed by atoms with E-state index in [9.17, 15) is 9.90 Å². The van der Waals surface area contributed by atoms with Gasteiger partial charge in [0.1, 0.15) is 0 Å². The zero-order valence-corrected chi connectivity index (χ0v) is 14.5. The number of hydrogen-bond donors (Lipinski definition) is 2. The Morgan fingerprint density at radius 2 is 2.00 bits per heavy atom. The normalized spacial score (nSPS) is 21.3. The van der Waals surface area contributed by atoms with E-state index in [2.05, 4.69) is 24.1 Å². The maximum absolute atomic E-state index is 12.4. The van der Waals surface area contributed by atoms with E-state index in [4.69, 9.17) is 0 Å². The van der Waals surface area contributed by atoms with Gasteiger partial charge in [0, 0.05) is 19.1 Å². The van der Waals surface area contributed by atoms with E-state index in [1.807, 2.05) is 37.3 Å². The number of amides is 1. The monoisotopic (exact) mass is 318 g/mol. The van der Waals surface area contributed by atoms with Gasteiger partial charge < -0.3 is 15.3 Å². The Morgan fingerprint density at radius 1 is 1.30 bits per heavy atom. The van der Waals surface area contributed by atoms with Gasteiger partial charge in [0.15, 0.2) is 0 Å². The molecule has 0 aliphatic carbocycles. The summed E-state index contributed by atoms with van der Waals surface area (Å²) < 4.78 is 0. The molecule has 0 spiro atoms. The molecule has 128 valence electrons. The topological polar surface area (TPSA) is 52.6 Å². The summed E-state index contributed by atoms with van der Waals surface area (Å²) in [6.45, 7) is 9.31. The molecule has 4 heteroatoms. The highest BCUT2D eigenvalue weighted by molar-refractivity contribution is 5.79. The Labute approximate surface area is 139 Å². The Hall–Kier alpha value is -1.39. The fraction of sp³-hybridized carbons (Fsp3) is 0.632. The minimum absolute atomic E-state index is 0.0307. The first-order valence-electron chi connectivity index (χ1n) is 8.71. The molecular formula is C19H30N2O2. The maximum Gasteiger partial charge on any atom is 0.224 e. The molecule has 3 atom stereocenters. The third-order valence-electron chi connectivity index (χ3n) is 4.42. The van der Waals surface area contributed by atoms with Gasteiger partial charge in [0.05, 0.1) is 12.0 Å². The van der Waals surface area contributed by atoms with Gasteiger partial charge in [-0.1, -0.05) is 44.2 Å². The lowest BCUT2D eigenvalue weighted by molar-refractivity contribution is -0.125. The first kappa shape index (κ1) is 18.0. The Kier molecular flexibility index (Phi) is 6.60. The van der Waals surface area contributed by atoms with Gasteiger partial charge in [-0.3, -0.25) is 4.79 Å². The number of likely N-dealkylation sites (tertiary alicyclic amines) is 1. The van der Waals surface area contributed by atoms with Crippen LogP contribution in [0.25, 0.3) is 0 Å². The Balaban J connectivity index is 1.77. The summed E-state index contributed by atoms with van der Waals surface area (Å²) >= 11 is 0. The van der Waals surface area contributed by atoms with Crippen LogP contribution in [0, 0.1) is 11.8 Å². The third-order valence-corrected chi connectivity index (χ3v) is 4.42. The van der Waals surface area contributed by atoms with Crippen LogP contribution in [0.3, 0.4) is 0 Å². The van der Waals surface area contributed by atoms with Crippen molar-refractivity contribution in [3.8, 4) is 0 Å². The van der Waals surface area contributed by atoms with E-state index in [1.54, 1.807) is 0 Å². The van der Waals surface area contributed by atoms with Gasteiger partial charge in [-0.05, 0) is 37.8 Å². The highest BCUT2D eigenvalue weighted by atomic mass is 16.3. The van der Waals surface area contributed by atoms with Crippen LogP contribution in [0.4, 0.5) is 0 Å². The number of carbonyl (C=O) groups is 1. The largest absolute Gasteiger partial charge is 0.388 e. The van der Waals surface area contributed by atoms with E-state index >= 15 is 0 Å². The van der Waals surface area contributed by atoms with Crippen molar-refractivity contribution in [2.75, 3.05) is 19.6 Å². The van der Waals surface area contributed by atoms with Crippen molar-refractivity contribution in [3.63, 3.8) is 0 Å². The molecule has 1 aliphatic rings. The van der Waals surface area contributed by atoms with Gasteiger partial charge in [0.2, 0.25) is 5.91 Å². The van der Waals surface area contributed by atoms with Crippen LogP contribution in [0.15, 0.2) is 30.3 Å². The Bertz CT molecular complexity index is 489. The van der Waals surface area contributed by atoms with Gasteiger partial charge in [-0.2, -0.15) is 0 Å². The first-order valence-corrected chi connectivity index (χ1v) is 8.71. The molecule has 1 aromatic carbocycles. The molecule has 0 saturated carbocycles. The van der Waals surface area contributed by atoms with Crippen molar-refractivity contribution < 1.29 is 9.90 Å². The number of nitrogens with one attached hydrogen (secondary N) is 1. The molecule has 2 rings (SSSR count). The molecule has 1 aliphatic heterocycles. The van der Waals surface area contributed by atoms with E-state index < -0.39 is 6.10 Å². The second kappa shape index (κ2) is 8.46. The van der Waals surface area contributed by atoms with Crippen LogP contribution in [-0.4, -0.2) is 41.6 Å². The second-order valence-electron chi connectivity index (χ2n) is 7.21. The highest BCUT2D eigenvalue weighted by Crippen LogP contribution is 2.20. The fourth-order valence-corrected chi connectivity index (χ4v) is 3.29. The lowest BCUT2D eigenvalue weighted by atomic mass is 10.0. The molecule has 1 heterocycles. The standard InChI is InChI=1S/C19H30N2O2/c1-14(2)12-21-10-9-17(13-21)19(23)20-15(3)11-18(22)16-7-5-4-6-8-16/h4-8,14-15,17-18,22H,9-13H2,1-3H3,(H,20,23). The van der Waals surface area contributed by atoms with Crippen LogP contribution in [0.2, 0.25) is 0 Å². The molecule has 1 aromatic rings. The zero-order chi connectivity index (χ0) is 16.8. The molecule has 2 N–H and O–H groups in total. The predicted molar refractivity (Wildman–Crippen MR) is 93.0 cm³/mol. The summed E-state index contributed by atoms with van der Waals surface area (Å²) in [7, 11) is 0. The van der Waals surface area contributed by atoms with E-state index in [1.165, 1.54) is 0 Å². The molecule has 4 nitrogen and oxygen atoms in total. The quantitative estimate of drug-likeness (QED) is 0.812. The highest BCUT2D eigenvalue weighted by Gasteiger charge is 2.29. The van der Waals surface area contributed by atoms with Gasteiger partial charge in [0.25, 0.3) is 0 Å². The average molecular weight is 318 g/mol. The minimum atomic E-state index is -0.535. The van der Waals surface area contributed by atoms with Crippen LogP contribution in [0.5, 0.6) is 0 Å². The van der Waals surface area contributed by atoms with Crippen molar-refractivity contribution in [1.29, 1.82) is 0 Å². The van der Waals surface area contributed by atoms with Crippen molar-refractivity contribution in [3.05, 3.63) is 35.9 Å². The second-order valence-corrected chi connectivity index (χ2v) is 7.21. The SMILES string of the molecule is CC(C)CN1CCC(C(=O)NC(C)CC(O)c2ccccc2)C1. The number of aliphatic hydroxyl groups excluding tert-OH is 1. The van der Waals surface area contributed by atoms with Crippen molar-refractivity contribution in [2.45, 2.75) is 45.8 Å². The zero-order valence-electron chi connectivity index (χ0n) is 14.5. The summed E-state index contributed by atoms with van der Waals surface area (Å²) in [5.41, 5.74) is 0.901. The summed E-state index contributed by atoms with van der Waals surface area (Å²) in [4.78, 5) is 14.8. The van der Waals surface area contributed by atoms with Crippen LogP contribution in [-0.2, 0) is 4.79 Å². The van der Waals surface area contributed by atoms with Crippen molar-refractivity contribution in [2.24, 2.45) is 11.8 Å². The summed E-state index contributed by atoms with van der Waals surface area (Å²) in [6.07, 6.45) is 0.942. The van der Waals surface area contributed by atoms with Gasteiger partial charge >= 0.3 is 0 Å². The smallest absolute Gasteiger partial charge is 0.224 e. The number of nitrogens with zero attached hydrogens (tertiary/aromatic N) is 1. The fourth-order valence-electron chi connectivity index (χ4n) is 3.29. The van der Waals surface area contributed by atoms with Gasteiger partial charge in [-0.25, -0.2) is 0 Å². The number of rotatable bonds is 7. The minimum Gasteiger partial charge on any atom is -0.388 e. The molecule has 1 amide bonds. The van der Waals surface area contributed by atoms with Crippen LogP contribution < -0.4 is 5.32 Å². The molecule has 3 unspecified atom stereocenters. The van der Waals surface area contributed by atoms with E-state index in [-0.39, 0.29) is 17.9 Å². The molecule has 0 bridgehead atoms. The maximum atomic E-state index is 12.4. The number of aliphatic hydroxyl groups is 1. The predicted octanol–water partition coefficient (Wildman–Crippen LogP) is 2.59. The lowest BCUT2D eigenvalue weighted by Gasteiger charge is -2.21. The first-order chi connectivity index (χ1) is 11.0. The summed E-state index contributed by atoms with van der Waals surface area (Å²) in [5, 5.41) is 13.3. The van der Waals surface area contributed by atoms with E-state index in [0.717, 1.165) is 31.6 Å². The van der Waals surface area contributed by atoms with Crippen LogP contribution in [0.1, 0.15) is 45.3 Å². The molecule has 0 radical (unpaired) electrons. The molecule has 0 aromatic heterocycles. The third kappa shape index (κ3) is 5.63. The van der Waals surface area contributed by atoms with Crippen molar-refractivity contribution >= 4 is 5.91 Å². The summed E-state index contributed by atoms with van der Waals surface area (Å²) in [6, 6.07) is 9.58.